The Labute approximate surface area is 106 Å². The van der Waals surface area contributed by atoms with Crippen LogP contribution in [-0.4, -0.2) is 32.0 Å². The second-order valence-electron chi connectivity index (χ2n) is 3.63. The number of aliphatic hydroxyl groups excluding tert-OH is 1. The minimum atomic E-state index is -3.80. The van der Waals surface area contributed by atoms with Crippen LogP contribution >= 0.6 is 0 Å². The maximum atomic E-state index is 11.9. The highest BCUT2D eigenvalue weighted by molar-refractivity contribution is 7.89. The van der Waals surface area contributed by atoms with Gasteiger partial charge in [0, 0.05) is 6.42 Å². The van der Waals surface area contributed by atoms with Gasteiger partial charge in [-0.2, -0.15) is 4.72 Å². The Hall–Kier alpha value is -1.50. The summed E-state index contributed by atoms with van der Waals surface area (Å²) in [5.41, 5.74) is 0. The summed E-state index contributed by atoms with van der Waals surface area (Å²) in [4.78, 5) is 11.6. The molecule has 1 atom stereocenters. The van der Waals surface area contributed by atoms with E-state index in [0.29, 0.717) is 0 Å². The van der Waals surface area contributed by atoms with E-state index >= 15 is 0 Å². The van der Waals surface area contributed by atoms with E-state index in [1.54, 1.807) is 18.2 Å². The molecule has 0 unspecified atom stereocenters. The van der Waals surface area contributed by atoms with Gasteiger partial charge in [-0.3, -0.25) is 4.79 Å². The lowest BCUT2D eigenvalue weighted by molar-refractivity contribution is -0.120. The number of sulfonamides is 1. The number of ketones is 1. The first kappa shape index (κ1) is 14.6. The van der Waals surface area contributed by atoms with E-state index in [0.717, 1.165) is 0 Å². The van der Waals surface area contributed by atoms with Gasteiger partial charge in [0.25, 0.3) is 0 Å². The van der Waals surface area contributed by atoms with Crippen LogP contribution in [0.25, 0.3) is 0 Å². The highest BCUT2D eigenvalue weighted by Gasteiger charge is 2.23. The first-order valence-electron chi connectivity index (χ1n) is 5.33. The van der Waals surface area contributed by atoms with Crippen LogP contribution < -0.4 is 4.72 Å². The van der Waals surface area contributed by atoms with Crippen molar-refractivity contribution in [2.75, 3.05) is 6.61 Å². The average molecular weight is 269 g/mol. The smallest absolute Gasteiger partial charge is 0.241 e. The van der Waals surface area contributed by atoms with E-state index in [1.165, 1.54) is 18.2 Å². The molecule has 0 aliphatic carbocycles. The molecule has 5 nitrogen and oxygen atoms in total. The Morgan fingerprint density at radius 2 is 2.00 bits per heavy atom. The predicted molar refractivity (Wildman–Crippen MR) is 67.5 cm³/mol. The number of rotatable bonds is 7. The van der Waals surface area contributed by atoms with Crippen LogP contribution in [0.4, 0.5) is 0 Å². The van der Waals surface area contributed by atoms with Crippen LogP contribution in [0.3, 0.4) is 0 Å². The monoisotopic (exact) mass is 269 g/mol. The first-order valence-corrected chi connectivity index (χ1v) is 6.81. The van der Waals surface area contributed by atoms with Gasteiger partial charge in [0.05, 0.1) is 11.5 Å². The van der Waals surface area contributed by atoms with E-state index in [-0.39, 0.29) is 11.3 Å². The third kappa shape index (κ3) is 3.76. The second kappa shape index (κ2) is 6.44. The fourth-order valence-electron chi connectivity index (χ4n) is 1.34. The third-order valence-electron chi connectivity index (χ3n) is 2.27. The zero-order chi connectivity index (χ0) is 13.6. The summed E-state index contributed by atoms with van der Waals surface area (Å²) in [6, 6.07) is 6.52. The summed E-state index contributed by atoms with van der Waals surface area (Å²) in [5.74, 6) is -0.424. The van der Waals surface area contributed by atoms with Crippen LogP contribution in [0.2, 0.25) is 0 Å². The van der Waals surface area contributed by atoms with E-state index in [2.05, 4.69) is 11.3 Å². The van der Waals surface area contributed by atoms with Crippen molar-refractivity contribution in [2.24, 2.45) is 0 Å². The van der Waals surface area contributed by atoms with E-state index < -0.39 is 28.5 Å². The average Bonchev–Trinajstić information content (AvgIpc) is 2.37. The number of hydrogen-bond acceptors (Lipinski definition) is 4. The molecular weight excluding hydrogens is 254 g/mol. The quantitative estimate of drug-likeness (QED) is 0.705. The summed E-state index contributed by atoms with van der Waals surface area (Å²) < 4.78 is 26.0. The molecule has 0 aromatic heterocycles. The fraction of sp³-hybridized carbons (Fsp3) is 0.250. The SMILES string of the molecule is C=CCC(=O)[C@@H](CO)NS(=O)(=O)c1ccccc1. The normalized spacial score (nSPS) is 12.9. The van der Waals surface area contributed by atoms with Crippen LogP contribution in [0.5, 0.6) is 0 Å². The van der Waals surface area contributed by atoms with Gasteiger partial charge in [0.15, 0.2) is 5.78 Å². The molecule has 0 amide bonds. The molecule has 0 saturated heterocycles. The van der Waals surface area contributed by atoms with E-state index in [9.17, 15) is 13.2 Å². The van der Waals surface area contributed by atoms with Gasteiger partial charge < -0.3 is 5.11 Å². The number of nitrogens with one attached hydrogen (secondary N) is 1. The number of Topliss-reactive ketones (excluding diaryl/α,β-unsaturated/α-hetero) is 1. The van der Waals surface area contributed by atoms with Crippen molar-refractivity contribution in [3.8, 4) is 0 Å². The molecule has 0 aliphatic heterocycles. The molecule has 0 aliphatic rings. The maximum absolute atomic E-state index is 11.9. The molecule has 2 N–H and O–H groups in total. The molecule has 0 heterocycles. The Bertz CT molecular complexity index is 510. The minimum absolute atomic E-state index is 0.00252. The lowest BCUT2D eigenvalue weighted by Crippen LogP contribution is -2.43. The van der Waals surface area contributed by atoms with Gasteiger partial charge in [0.1, 0.15) is 6.04 Å². The van der Waals surface area contributed by atoms with Crippen LogP contribution in [-0.2, 0) is 14.8 Å². The molecule has 0 saturated carbocycles. The molecule has 18 heavy (non-hydrogen) atoms. The van der Waals surface area contributed by atoms with Gasteiger partial charge in [0.2, 0.25) is 10.0 Å². The van der Waals surface area contributed by atoms with Gasteiger partial charge in [-0.1, -0.05) is 24.3 Å². The summed E-state index contributed by atoms with van der Waals surface area (Å²) in [7, 11) is -3.80. The first-order chi connectivity index (χ1) is 8.51. The molecule has 1 aromatic rings. The molecule has 1 rings (SSSR count). The molecule has 0 radical (unpaired) electrons. The van der Waals surface area contributed by atoms with Crippen molar-refractivity contribution in [1.29, 1.82) is 0 Å². The minimum Gasteiger partial charge on any atom is -0.394 e. The Morgan fingerprint density at radius 1 is 1.39 bits per heavy atom. The Kier molecular flexibility index (Phi) is 5.21. The molecule has 0 bridgehead atoms. The number of hydrogen-bond donors (Lipinski definition) is 2. The van der Waals surface area contributed by atoms with Crippen molar-refractivity contribution in [3.05, 3.63) is 43.0 Å². The van der Waals surface area contributed by atoms with Gasteiger partial charge in [-0.25, -0.2) is 8.42 Å². The summed E-state index contributed by atoms with van der Waals surface area (Å²) in [6.45, 7) is 2.81. The van der Waals surface area contributed by atoms with Crippen LogP contribution in [0, 0.1) is 0 Å². The number of benzene rings is 1. The van der Waals surface area contributed by atoms with E-state index in [1.807, 2.05) is 0 Å². The number of allylic oxidation sites excluding steroid dienone is 1. The van der Waals surface area contributed by atoms with E-state index in [4.69, 9.17) is 5.11 Å². The third-order valence-corrected chi connectivity index (χ3v) is 3.76. The molecular formula is C12H15NO4S. The van der Waals surface area contributed by atoms with Gasteiger partial charge in [-0.05, 0) is 12.1 Å². The largest absolute Gasteiger partial charge is 0.394 e. The molecule has 0 fully saturated rings. The van der Waals surface area contributed by atoms with Crippen molar-refractivity contribution in [2.45, 2.75) is 17.4 Å². The van der Waals surface area contributed by atoms with Gasteiger partial charge in [-0.15, -0.1) is 6.58 Å². The summed E-state index contributed by atoms with van der Waals surface area (Å²) in [6.07, 6.45) is 1.37. The predicted octanol–water partition coefficient (Wildman–Crippen LogP) is 0.471. The van der Waals surface area contributed by atoms with Crippen LogP contribution in [0.15, 0.2) is 47.9 Å². The molecule has 1 aromatic carbocycles. The topological polar surface area (TPSA) is 83.5 Å². The highest BCUT2D eigenvalue weighted by Crippen LogP contribution is 2.08. The lowest BCUT2D eigenvalue weighted by atomic mass is 10.1. The molecule has 98 valence electrons. The Balaban J connectivity index is 2.88. The second-order valence-corrected chi connectivity index (χ2v) is 5.34. The van der Waals surface area contributed by atoms with Crippen molar-refractivity contribution >= 4 is 15.8 Å². The standard InChI is InChI=1S/C12H15NO4S/c1-2-6-12(15)11(9-14)13-18(16,17)10-7-4-3-5-8-10/h2-5,7-8,11,13-14H,1,6,9H2/t11-/m1/s1. The van der Waals surface area contributed by atoms with Crippen LogP contribution in [0.1, 0.15) is 6.42 Å². The lowest BCUT2D eigenvalue weighted by Gasteiger charge is -2.14. The zero-order valence-electron chi connectivity index (χ0n) is 9.74. The van der Waals surface area contributed by atoms with Crippen molar-refractivity contribution < 1.29 is 18.3 Å². The van der Waals surface area contributed by atoms with Crippen molar-refractivity contribution in [1.82, 2.24) is 4.72 Å². The zero-order valence-corrected chi connectivity index (χ0v) is 10.6. The molecule has 0 spiro atoms. The summed E-state index contributed by atoms with van der Waals surface area (Å²) >= 11 is 0. The summed E-state index contributed by atoms with van der Waals surface area (Å²) in [5, 5.41) is 9.05. The van der Waals surface area contributed by atoms with Gasteiger partial charge >= 0.3 is 0 Å². The number of carbonyl (C=O) groups excluding carboxylic acids is 1. The Morgan fingerprint density at radius 3 is 2.50 bits per heavy atom. The fourth-order valence-corrected chi connectivity index (χ4v) is 2.58. The number of carbonyl (C=O) groups is 1. The van der Waals surface area contributed by atoms with Crippen molar-refractivity contribution in [3.63, 3.8) is 0 Å². The highest BCUT2D eigenvalue weighted by atomic mass is 32.2. The maximum Gasteiger partial charge on any atom is 0.241 e. The molecule has 6 heteroatoms. The number of aliphatic hydroxyl groups is 1.